The van der Waals surface area contributed by atoms with Crippen molar-refractivity contribution in [3.05, 3.63) is 42.7 Å². The van der Waals surface area contributed by atoms with Crippen molar-refractivity contribution in [2.45, 2.75) is 57.7 Å². The molecule has 164 valence electrons. The van der Waals surface area contributed by atoms with Crippen molar-refractivity contribution < 1.29 is 5.11 Å². The zero-order valence-electron chi connectivity index (χ0n) is 19.2. The van der Waals surface area contributed by atoms with Crippen LogP contribution in [-0.2, 0) is 7.05 Å². The molecule has 0 aliphatic carbocycles. The van der Waals surface area contributed by atoms with Crippen LogP contribution in [0.4, 0.5) is 5.82 Å². The first-order valence-corrected chi connectivity index (χ1v) is 10.7. The minimum absolute atomic E-state index is 0.0643. The topological polar surface area (TPSA) is 79.1 Å². The van der Waals surface area contributed by atoms with Gasteiger partial charge in [-0.1, -0.05) is 6.07 Å². The smallest absolute Gasteiger partial charge is 0.151 e. The van der Waals surface area contributed by atoms with Crippen LogP contribution in [0.1, 0.15) is 40.5 Å². The maximum Gasteiger partial charge on any atom is 0.151 e. The SMILES string of the molecule is CN(c1ccc(-c2ccc(-c3nccn3C)cc2O)nn1)C1CC(C)(C)NC(C)(C)C1. The number of aromatic hydroxyl groups is 1. The van der Waals surface area contributed by atoms with Crippen molar-refractivity contribution in [1.29, 1.82) is 0 Å². The van der Waals surface area contributed by atoms with Crippen molar-refractivity contribution in [1.82, 2.24) is 25.1 Å². The van der Waals surface area contributed by atoms with Crippen LogP contribution in [0.25, 0.3) is 22.6 Å². The summed E-state index contributed by atoms with van der Waals surface area (Å²) < 4.78 is 1.92. The molecule has 0 unspecified atom stereocenters. The number of piperidine rings is 1. The largest absolute Gasteiger partial charge is 0.507 e. The molecule has 0 radical (unpaired) electrons. The summed E-state index contributed by atoms with van der Waals surface area (Å²) in [7, 11) is 4.02. The first kappa shape index (κ1) is 21.3. The number of anilines is 1. The fraction of sp³-hybridized carbons (Fsp3) is 0.458. The van der Waals surface area contributed by atoms with Gasteiger partial charge in [0.15, 0.2) is 5.82 Å². The molecule has 1 aliphatic heterocycles. The molecule has 0 amide bonds. The predicted octanol–water partition coefficient (Wildman–Crippen LogP) is 4.00. The lowest BCUT2D eigenvalue weighted by atomic mass is 9.79. The van der Waals surface area contributed by atoms with Gasteiger partial charge in [0.05, 0.1) is 5.69 Å². The van der Waals surface area contributed by atoms with Gasteiger partial charge in [-0.3, -0.25) is 0 Å². The minimum Gasteiger partial charge on any atom is -0.507 e. The van der Waals surface area contributed by atoms with Crippen LogP contribution < -0.4 is 10.2 Å². The van der Waals surface area contributed by atoms with Gasteiger partial charge in [0.25, 0.3) is 0 Å². The zero-order chi connectivity index (χ0) is 22.4. The molecule has 1 aromatic carbocycles. The maximum absolute atomic E-state index is 10.6. The van der Waals surface area contributed by atoms with Gasteiger partial charge in [-0.2, -0.15) is 0 Å². The van der Waals surface area contributed by atoms with E-state index in [-0.39, 0.29) is 16.8 Å². The number of phenolic OH excluding ortho intramolecular Hbond substituents is 1. The van der Waals surface area contributed by atoms with E-state index in [1.165, 1.54) is 0 Å². The van der Waals surface area contributed by atoms with Crippen LogP contribution in [0.2, 0.25) is 0 Å². The van der Waals surface area contributed by atoms with Crippen LogP contribution >= 0.6 is 0 Å². The molecule has 7 nitrogen and oxygen atoms in total. The highest BCUT2D eigenvalue weighted by Crippen LogP contribution is 2.34. The van der Waals surface area contributed by atoms with Crippen LogP contribution in [0, 0.1) is 0 Å². The lowest BCUT2D eigenvalue weighted by molar-refractivity contribution is 0.160. The Kier molecular flexibility index (Phi) is 5.25. The van der Waals surface area contributed by atoms with Crippen LogP contribution in [0.15, 0.2) is 42.7 Å². The van der Waals surface area contributed by atoms with Gasteiger partial charge in [0, 0.05) is 54.7 Å². The first-order valence-electron chi connectivity index (χ1n) is 10.7. The van der Waals surface area contributed by atoms with Gasteiger partial charge in [-0.05, 0) is 64.8 Å². The number of rotatable bonds is 4. The van der Waals surface area contributed by atoms with E-state index in [4.69, 9.17) is 0 Å². The highest BCUT2D eigenvalue weighted by atomic mass is 16.3. The Morgan fingerprint density at radius 2 is 1.77 bits per heavy atom. The van der Waals surface area contributed by atoms with Gasteiger partial charge < -0.3 is 19.9 Å². The van der Waals surface area contributed by atoms with E-state index >= 15 is 0 Å². The monoisotopic (exact) mass is 420 g/mol. The second kappa shape index (κ2) is 7.64. The molecule has 1 aliphatic rings. The minimum atomic E-state index is 0.0643. The predicted molar refractivity (Wildman–Crippen MR) is 124 cm³/mol. The Morgan fingerprint density at radius 1 is 1.06 bits per heavy atom. The molecule has 0 saturated carbocycles. The third-order valence-corrected chi connectivity index (χ3v) is 6.08. The lowest BCUT2D eigenvalue weighted by Gasteiger charge is -2.49. The Bertz CT molecular complexity index is 1050. The lowest BCUT2D eigenvalue weighted by Crippen LogP contribution is -2.62. The molecule has 3 aromatic rings. The molecule has 1 saturated heterocycles. The summed E-state index contributed by atoms with van der Waals surface area (Å²) in [6.45, 7) is 9.00. The number of imidazole rings is 1. The zero-order valence-corrected chi connectivity index (χ0v) is 19.2. The summed E-state index contributed by atoms with van der Waals surface area (Å²) in [6, 6.07) is 9.81. The quantitative estimate of drug-likeness (QED) is 0.664. The van der Waals surface area contributed by atoms with E-state index < -0.39 is 0 Å². The number of hydrogen-bond acceptors (Lipinski definition) is 6. The number of nitrogens with one attached hydrogen (secondary N) is 1. The number of benzene rings is 1. The average molecular weight is 421 g/mol. The molecule has 0 atom stereocenters. The number of nitrogens with zero attached hydrogens (tertiary/aromatic N) is 5. The number of hydrogen-bond donors (Lipinski definition) is 2. The standard InChI is InChI=1S/C24H32N6O/c1-23(2)14-17(15-24(3,4)28-23)30(6)21-10-9-19(26-27-21)18-8-7-16(13-20(18)31)22-25-11-12-29(22)5/h7-13,17,28,31H,14-15H2,1-6H3. The van der Waals surface area contributed by atoms with Gasteiger partial charge in [-0.25, -0.2) is 4.98 Å². The summed E-state index contributed by atoms with van der Waals surface area (Å²) in [5, 5.41) is 23.2. The molecular weight excluding hydrogens is 388 g/mol. The fourth-order valence-corrected chi connectivity index (χ4v) is 4.92. The van der Waals surface area contributed by atoms with Gasteiger partial charge >= 0.3 is 0 Å². The highest BCUT2D eigenvalue weighted by Gasteiger charge is 2.39. The molecular formula is C24H32N6O. The third-order valence-electron chi connectivity index (χ3n) is 6.08. The second-order valence-corrected chi connectivity index (χ2v) is 9.94. The van der Waals surface area contributed by atoms with Crippen molar-refractivity contribution in [2.75, 3.05) is 11.9 Å². The van der Waals surface area contributed by atoms with Crippen molar-refractivity contribution in [3.63, 3.8) is 0 Å². The molecule has 31 heavy (non-hydrogen) atoms. The molecule has 0 spiro atoms. The Labute approximate surface area is 184 Å². The van der Waals surface area contributed by atoms with Crippen LogP contribution in [0.3, 0.4) is 0 Å². The third kappa shape index (κ3) is 4.42. The molecule has 1 fully saturated rings. The molecule has 7 heteroatoms. The van der Waals surface area contributed by atoms with E-state index in [1.807, 2.05) is 42.1 Å². The summed E-state index contributed by atoms with van der Waals surface area (Å²) in [5.41, 5.74) is 2.29. The van der Waals surface area contributed by atoms with E-state index in [0.717, 1.165) is 30.0 Å². The highest BCUT2D eigenvalue weighted by molar-refractivity contribution is 5.72. The van der Waals surface area contributed by atoms with Crippen LogP contribution in [0.5, 0.6) is 5.75 Å². The van der Waals surface area contributed by atoms with Crippen molar-refractivity contribution >= 4 is 5.82 Å². The van der Waals surface area contributed by atoms with Crippen LogP contribution in [-0.4, -0.2) is 49.0 Å². The van der Waals surface area contributed by atoms with E-state index in [9.17, 15) is 5.11 Å². The first-order chi connectivity index (χ1) is 14.5. The maximum atomic E-state index is 10.6. The summed E-state index contributed by atoms with van der Waals surface area (Å²) in [5.74, 6) is 1.81. The molecule has 2 aromatic heterocycles. The number of aromatic nitrogens is 4. The summed E-state index contributed by atoms with van der Waals surface area (Å²) in [6.07, 6.45) is 5.69. The Morgan fingerprint density at radius 3 is 2.32 bits per heavy atom. The second-order valence-electron chi connectivity index (χ2n) is 9.94. The molecule has 0 bridgehead atoms. The van der Waals surface area contributed by atoms with Gasteiger partial charge in [0.2, 0.25) is 0 Å². The van der Waals surface area contributed by atoms with E-state index in [2.05, 4.69) is 60.1 Å². The summed E-state index contributed by atoms with van der Waals surface area (Å²) in [4.78, 5) is 6.57. The molecule has 2 N–H and O–H groups in total. The number of aryl methyl sites for hydroxylation is 1. The Hall–Kier alpha value is -2.93. The van der Waals surface area contributed by atoms with Gasteiger partial charge in [-0.15, -0.1) is 10.2 Å². The number of phenols is 1. The fourth-order valence-electron chi connectivity index (χ4n) is 4.92. The average Bonchev–Trinajstić information content (AvgIpc) is 3.11. The summed E-state index contributed by atoms with van der Waals surface area (Å²) >= 11 is 0. The normalized spacial score (nSPS) is 18.1. The van der Waals surface area contributed by atoms with Crippen molar-refractivity contribution in [3.8, 4) is 28.4 Å². The van der Waals surface area contributed by atoms with E-state index in [0.29, 0.717) is 17.3 Å². The molecule has 3 heterocycles. The van der Waals surface area contributed by atoms with Crippen molar-refractivity contribution in [2.24, 2.45) is 7.05 Å². The van der Waals surface area contributed by atoms with Gasteiger partial charge in [0.1, 0.15) is 11.6 Å². The molecule has 4 rings (SSSR count). The Balaban J connectivity index is 1.55. The van der Waals surface area contributed by atoms with E-state index in [1.54, 1.807) is 12.3 Å².